The van der Waals surface area contributed by atoms with Crippen molar-refractivity contribution < 1.29 is 9.18 Å². The topological polar surface area (TPSA) is 53.0 Å². The van der Waals surface area contributed by atoms with Gasteiger partial charge in [0.15, 0.2) is 0 Å². The maximum absolute atomic E-state index is 13.6. The van der Waals surface area contributed by atoms with Gasteiger partial charge in [-0.25, -0.2) is 4.39 Å². The smallest absolute Gasteiger partial charge is 0.146 e. The van der Waals surface area contributed by atoms with Crippen LogP contribution < -0.4 is 5.32 Å². The van der Waals surface area contributed by atoms with Crippen molar-refractivity contribution in [2.75, 3.05) is 5.32 Å². The Morgan fingerprint density at radius 1 is 1.56 bits per heavy atom. The molecule has 0 spiro atoms. The Hall–Kier alpha value is -1.71. The minimum Gasteiger partial charge on any atom is -0.380 e. The SMILES string of the molecule is CC(C)Nc1c(F)cccc1C(=N)CC=O. The van der Waals surface area contributed by atoms with Crippen molar-refractivity contribution in [2.24, 2.45) is 0 Å². The van der Waals surface area contributed by atoms with E-state index in [1.165, 1.54) is 12.1 Å². The van der Waals surface area contributed by atoms with Crippen LogP contribution in [0.15, 0.2) is 18.2 Å². The third-order valence-electron chi connectivity index (χ3n) is 2.06. The fourth-order valence-corrected chi connectivity index (χ4v) is 1.40. The van der Waals surface area contributed by atoms with Crippen LogP contribution in [0.25, 0.3) is 0 Å². The molecule has 0 heterocycles. The molecule has 0 aromatic heterocycles. The highest BCUT2D eigenvalue weighted by atomic mass is 19.1. The van der Waals surface area contributed by atoms with Gasteiger partial charge in [-0.15, -0.1) is 0 Å². The van der Waals surface area contributed by atoms with Gasteiger partial charge in [0, 0.05) is 23.7 Å². The minimum atomic E-state index is -0.401. The third-order valence-corrected chi connectivity index (χ3v) is 2.06. The first-order chi connectivity index (χ1) is 7.56. The molecule has 0 fully saturated rings. The Morgan fingerprint density at radius 3 is 2.81 bits per heavy atom. The maximum Gasteiger partial charge on any atom is 0.146 e. The number of carbonyl (C=O) groups excluding carboxylic acids is 1. The molecule has 0 amide bonds. The lowest BCUT2D eigenvalue weighted by Gasteiger charge is -2.15. The van der Waals surface area contributed by atoms with Crippen molar-refractivity contribution in [3.05, 3.63) is 29.6 Å². The van der Waals surface area contributed by atoms with Gasteiger partial charge in [0.25, 0.3) is 0 Å². The van der Waals surface area contributed by atoms with Crippen molar-refractivity contribution in [1.29, 1.82) is 5.41 Å². The van der Waals surface area contributed by atoms with Crippen molar-refractivity contribution in [2.45, 2.75) is 26.3 Å². The van der Waals surface area contributed by atoms with Crippen LogP contribution in [0.5, 0.6) is 0 Å². The molecule has 16 heavy (non-hydrogen) atoms. The molecule has 0 unspecified atom stereocenters. The summed E-state index contributed by atoms with van der Waals surface area (Å²) in [4.78, 5) is 10.4. The van der Waals surface area contributed by atoms with Gasteiger partial charge in [0.1, 0.15) is 12.1 Å². The summed E-state index contributed by atoms with van der Waals surface area (Å²) in [6.07, 6.45) is 0.641. The Bertz CT molecular complexity index is 402. The second-order valence-electron chi connectivity index (χ2n) is 3.81. The number of anilines is 1. The molecule has 0 radical (unpaired) electrons. The first-order valence-electron chi connectivity index (χ1n) is 5.12. The van der Waals surface area contributed by atoms with E-state index in [4.69, 9.17) is 5.41 Å². The predicted octanol–water partition coefficient (Wildman–Crippen LogP) is 2.60. The van der Waals surface area contributed by atoms with Crippen molar-refractivity contribution in [3.63, 3.8) is 0 Å². The molecule has 0 bridgehead atoms. The maximum atomic E-state index is 13.6. The fourth-order valence-electron chi connectivity index (χ4n) is 1.40. The molecule has 86 valence electrons. The molecule has 0 atom stereocenters. The second-order valence-corrected chi connectivity index (χ2v) is 3.81. The zero-order chi connectivity index (χ0) is 12.1. The Labute approximate surface area is 94.2 Å². The first-order valence-corrected chi connectivity index (χ1v) is 5.12. The summed E-state index contributed by atoms with van der Waals surface area (Å²) in [6.45, 7) is 3.78. The lowest BCUT2D eigenvalue weighted by atomic mass is 10.0. The van der Waals surface area contributed by atoms with E-state index in [0.29, 0.717) is 17.5 Å². The fraction of sp³-hybridized carbons (Fsp3) is 0.333. The van der Waals surface area contributed by atoms with Crippen LogP contribution in [0.1, 0.15) is 25.8 Å². The second kappa shape index (κ2) is 5.39. The van der Waals surface area contributed by atoms with Crippen molar-refractivity contribution >= 4 is 17.7 Å². The number of para-hydroxylation sites is 1. The third kappa shape index (κ3) is 2.89. The van der Waals surface area contributed by atoms with Crippen LogP contribution in [-0.2, 0) is 4.79 Å². The van der Waals surface area contributed by atoms with Gasteiger partial charge in [-0.05, 0) is 19.9 Å². The number of hydrogen-bond acceptors (Lipinski definition) is 3. The van der Waals surface area contributed by atoms with E-state index in [1.54, 1.807) is 6.07 Å². The summed E-state index contributed by atoms with van der Waals surface area (Å²) in [5, 5.41) is 10.6. The minimum absolute atomic E-state index is 0.00374. The van der Waals surface area contributed by atoms with Crippen LogP contribution in [-0.4, -0.2) is 18.0 Å². The van der Waals surface area contributed by atoms with Gasteiger partial charge in [-0.2, -0.15) is 0 Å². The lowest BCUT2D eigenvalue weighted by Crippen LogP contribution is -2.15. The molecule has 0 aliphatic carbocycles. The highest BCUT2D eigenvalue weighted by Gasteiger charge is 2.12. The van der Waals surface area contributed by atoms with Crippen molar-refractivity contribution in [1.82, 2.24) is 0 Å². The average Bonchev–Trinajstić information content (AvgIpc) is 2.20. The number of rotatable bonds is 5. The van der Waals surface area contributed by atoms with Gasteiger partial charge in [0.2, 0.25) is 0 Å². The Morgan fingerprint density at radius 2 is 2.25 bits per heavy atom. The van der Waals surface area contributed by atoms with E-state index in [0.717, 1.165) is 0 Å². The van der Waals surface area contributed by atoms with Gasteiger partial charge >= 0.3 is 0 Å². The lowest BCUT2D eigenvalue weighted by molar-refractivity contribution is -0.106. The summed E-state index contributed by atoms with van der Waals surface area (Å²) in [6, 6.07) is 4.58. The van der Waals surface area contributed by atoms with E-state index in [1.807, 2.05) is 13.8 Å². The van der Waals surface area contributed by atoms with Gasteiger partial charge in [-0.3, -0.25) is 0 Å². The number of benzene rings is 1. The van der Waals surface area contributed by atoms with Gasteiger partial charge in [-0.1, -0.05) is 12.1 Å². The van der Waals surface area contributed by atoms with Crippen LogP contribution in [0, 0.1) is 11.2 Å². The number of carbonyl (C=O) groups is 1. The van der Waals surface area contributed by atoms with Crippen molar-refractivity contribution in [3.8, 4) is 0 Å². The Kier molecular flexibility index (Phi) is 4.17. The standard InChI is InChI=1S/C12H15FN2O/c1-8(2)15-12-9(11(14)6-7-16)4-3-5-10(12)13/h3-5,7-8,14-15H,6H2,1-2H3. The molecule has 0 aliphatic rings. The molecule has 1 rings (SSSR count). The normalized spacial score (nSPS) is 10.2. The van der Waals surface area contributed by atoms with Gasteiger partial charge in [0.05, 0.1) is 5.69 Å². The molecule has 2 N–H and O–H groups in total. The number of aldehydes is 1. The predicted molar refractivity (Wildman–Crippen MR) is 62.7 cm³/mol. The summed E-state index contributed by atoms with van der Waals surface area (Å²) in [5.41, 5.74) is 0.864. The van der Waals surface area contributed by atoms with E-state index >= 15 is 0 Å². The Balaban J connectivity index is 3.11. The summed E-state index contributed by atoms with van der Waals surface area (Å²) in [7, 11) is 0. The molecule has 1 aromatic carbocycles. The zero-order valence-corrected chi connectivity index (χ0v) is 9.38. The first kappa shape index (κ1) is 12.4. The molecule has 1 aromatic rings. The highest BCUT2D eigenvalue weighted by molar-refractivity contribution is 6.08. The summed E-state index contributed by atoms with van der Waals surface area (Å²) >= 11 is 0. The van der Waals surface area contributed by atoms with Crippen LogP contribution >= 0.6 is 0 Å². The van der Waals surface area contributed by atoms with E-state index in [2.05, 4.69) is 5.32 Å². The number of nitrogens with one attached hydrogen (secondary N) is 2. The highest BCUT2D eigenvalue weighted by Crippen LogP contribution is 2.21. The van der Waals surface area contributed by atoms with E-state index in [-0.39, 0.29) is 18.2 Å². The van der Waals surface area contributed by atoms with Crippen LogP contribution in [0.2, 0.25) is 0 Å². The van der Waals surface area contributed by atoms with E-state index in [9.17, 15) is 9.18 Å². The molecule has 0 saturated carbocycles. The molecular weight excluding hydrogens is 207 g/mol. The summed E-state index contributed by atoms with van der Waals surface area (Å²) in [5.74, 6) is -0.401. The monoisotopic (exact) mass is 222 g/mol. The molecule has 0 saturated heterocycles. The molecule has 3 nitrogen and oxygen atoms in total. The van der Waals surface area contributed by atoms with Gasteiger partial charge < -0.3 is 15.5 Å². The molecule has 4 heteroatoms. The zero-order valence-electron chi connectivity index (χ0n) is 9.38. The quantitative estimate of drug-likeness (QED) is 0.594. The average molecular weight is 222 g/mol. The molecule has 0 aliphatic heterocycles. The summed E-state index contributed by atoms with van der Waals surface area (Å²) < 4.78 is 13.6. The molecular formula is C12H15FN2O. The largest absolute Gasteiger partial charge is 0.380 e. The van der Waals surface area contributed by atoms with Crippen LogP contribution in [0.4, 0.5) is 10.1 Å². The van der Waals surface area contributed by atoms with Crippen LogP contribution in [0.3, 0.4) is 0 Å². The number of halogens is 1. The van der Waals surface area contributed by atoms with E-state index < -0.39 is 5.82 Å². The number of hydrogen-bond donors (Lipinski definition) is 2.